The highest BCUT2D eigenvalue weighted by Gasteiger charge is 2.17. The molecule has 0 heterocycles. The third-order valence-corrected chi connectivity index (χ3v) is 2.06. The van der Waals surface area contributed by atoms with Gasteiger partial charge < -0.3 is 14.6 Å². The van der Waals surface area contributed by atoms with E-state index in [2.05, 4.69) is 0 Å². The Labute approximate surface area is 103 Å². The fourth-order valence-electron chi connectivity index (χ4n) is 1.24. The molecule has 6 nitrogen and oxygen atoms in total. The van der Waals surface area contributed by atoms with Crippen molar-refractivity contribution in [2.75, 3.05) is 19.8 Å². The Morgan fingerprint density at radius 3 is 2.83 bits per heavy atom. The maximum atomic E-state index is 12.9. The van der Waals surface area contributed by atoms with Gasteiger partial charge in [0.25, 0.3) is 0 Å². The molecule has 0 aliphatic heterocycles. The largest absolute Gasteiger partial charge is 0.484 e. The van der Waals surface area contributed by atoms with Crippen LogP contribution in [0.3, 0.4) is 0 Å². The molecule has 0 radical (unpaired) electrons. The number of nitro groups is 1. The van der Waals surface area contributed by atoms with Gasteiger partial charge in [0.2, 0.25) is 0 Å². The van der Waals surface area contributed by atoms with Crippen molar-refractivity contribution in [3.63, 3.8) is 0 Å². The number of ether oxygens (including phenoxy) is 2. The van der Waals surface area contributed by atoms with Crippen LogP contribution >= 0.6 is 0 Å². The number of nitro benzene ring substituents is 1. The van der Waals surface area contributed by atoms with Crippen LogP contribution in [0.15, 0.2) is 18.2 Å². The monoisotopic (exact) mass is 259 g/mol. The lowest BCUT2D eigenvalue weighted by molar-refractivity contribution is -0.386. The summed E-state index contributed by atoms with van der Waals surface area (Å²) in [5.41, 5.74) is -0.347. The Hall–Kier alpha value is -1.73. The number of benzene rings is 1. The van der Waals surface area contributed by atoms with E-state index >= 15 is 0 Å². The van der Waals surface area contributed by atoms with Gasteiger partial charge >= 0.3 is 5.69 Å². The summed E-state index contributed by atoms with van der Waals surface area (Å²) in [6.07, 6.45) is -0.923. The number of hydrogen-bond acceptors (Lipinski definition) is 5. The molecule has 1 N–H and O–H groups in total. The van der Waals surface area contributed by atoms with Crippen LogP contribution in [-0.2, 0) is 4.74 Å². The minimum Gasteiger partial charge on any atom is -0.484 e. The van der Waals surface area contributed by atoms with Crippen molar-refractivity contribution >= 4 is 5.69 Å². The van der Waals surface area contributed by atoms with E-state index in [1.807, 2.05) is 0 Å². The lowest BCUT2D eigenvalue weighted by atomic mass is 10.3. The van der Waals surface area contributed by atoms with Crippen molar-refractivity contribution in [1.82, 2.24) is 0 Å². The highest BCUT2D eigenvalue weighted by Crippen LogP contribution is 2.27. The van der Waals surface area contributed by atoms with Gasteiger partial charge in [0, 0.05) is 18.7 Å². The lowest BCUT2D eigenvalue weighted by Gasteiger charge is -2.12. The number of hydrogen-bond donors (Lipinski definition) is 1. The summed E-state index contributed by atoms with van der Waals surface area (Å²) in [4.78, 5) is 9.99. The number of halogens is 1. The van der Waals surface area contributed by atoms with E-state index in [1.165, 1.54) is 0 Å². The summed E-state index contributed by atoms with van der Waals surface area (Å²) >= 11 is 0. The van der Waals surface area contributed by atoms with Crippen LogP contribution in [0.25, 0.3) is 0 Å². The molecule has 18 heavy (non-hydrogen) atoms. The van der Waals surface area contributed by atoms with Gasteiger partial charge in [-0.25, -0.2) is 4.39 Å². The lowest BCUT2D eigenvalue weighted by Crippen LogP contribution is -2.23. The van der Waals surface area contributed by atoms with E-state index in [4.69, 9.17) is 9.47 Å². The molecule has 0 amide bonds. The van der Waals surface area contributed by atoms with Gasteiger partial charge in [-0.15, -0.1) is 0 Å². The molecule has 1 atom stereocenters. The molecule has 0 aromatic heterocycles. The zero-order valence-electron chi connectivity index (χ0n) is 9.84. The summed E-state index contributed by atoms with van der Waals surface area (Å²) in [7, 11) is 0. The zero-order chi connectivity index (χ0) is 13.5. The smallest absolute Gasteiger partial charge is 0.311 e. The van der Waals surface area contributed by atoms with E-state index < -0.39 is 16.8 Å². The molecule has 0 unspecified atom stereocenters. The van der Waals surface area contributed by atoms with Crippen molar-refractivity contribution in [1.29, 1.82) is 0 Å². The molecule has 100 valence electrons. The van der Waals surface area contributed by atoms with E-state index in [1.54, 1.807) is 6.92 Å². The molecular formula is C11H14FNO5. The van der Waals surface area contributed by atoms with E-state index in [0.29, 0.717) is 6.61 Å². The SMILES string of the molecule is CCOC[C@@H](O)COc1cc(F)ccc1[N+](=O)[O-]. The van der Waals surface area contributed by atoms with Crippen LogP contribution in [0, 0.1) is 15.9 Å². The topological polar surface area (TPSA) is 81.8 Å². The third-order valence-electron chi connectivity index (χ3n) is 2.06. The summed E-state index contributed by atoms with van der Waals surface area (Å²) in [6, 6.07) is 2.90. The molecule has 1 aromatic rings. The molecule has 1 aromatic carbocycles. The first kappa shape index (κ1) is 14.3. The maximum Gasteiger partial charge on any atom is 0.311 e. The number of aliphatic hydroxyl groups is 1. The Kier molecular flexibility index (Phi) is 5.47. The van der Waals surface area contributed by atoms with E-state index in [9.17, 15) is 19.6 Å². The van der Waals surface area contributed by atoms with Crippen LogP contribution in [0.1, 0.15) is 6.92 Å². The second kappa shape index (κ2) is 6.87. The van der Waals surface area contributed by atoms with E-state index in [0.717, 1.165) is 18.2 Å². The maximum absolute atomic E-state index is 12.9. The first-order valence-corrected chi connectivity index (χ1v) is 5.37. The molecule has 0 spiro atoms. The predicted octanol–water partition coefficient (Wildman–Crippen LogP) is 1.51. The van der Waals surface area contributed by atoms with Gasteiger partial charge in [0.05, 0.1) is 11.5 Å². The van der Waals surface area contributed by atoms with Crippen molar-refractivity contribution in [2.24, 2.45) is 0 Å². The van der Waals surface area contributed by atoms with E-state index in [-0.39, 0.29) is 24.7 Å². The quantitative estimate of drug-likeness (QED) is 0.593. The van der Waals surface area contributed by atoms with Crippen molar-refractivity contribution in [3.8, 4) is 5.75 Å². The molecule has 0 fully saturated rings. The van der Waals surface area contributed by atoms with Gasteiger partial charge in [-0.1, -0.05) is 0 Å². The van der Waals surface area contributed by atoms with Crippen molar-refractivity contribution in [2.45, 2.75) is 13.0 Å². The zero-order valence-corrected chi connectivity index (χ0v) is 9.84. The van der Waals surface area contributed by atoms with Gasteiger partial charge in [-0.3, -0.25) is 10.1 Å². The highest BCUT2D eigenvalue weighted by molar-refractivity contribution is 5.46. The average Bonchev–Trinajstić information content (AvgIpc) is 2.33. The number of aliphatic hydroxyl groups excluding tert-OH is 1. The molecule has 0 saturated carbocycles. The third kappa shape index (κ3) is 4.27. The molecule has 0 bridgehead atoms. The summed E-state index contributed by atoms with van der Waals surface area (Å²) in [5.74, 6) is -0.856. The summed E-state index contributed by atoms with van der Waals surface area (Å²) in [5, 5.41) is 20.1. The fraction of sp³-hybridized carbons (Fsp3) is 0.455. The van der Waals surface area contributed by atoms with Crippen LogP contribution in [0.4, 0.5) is 10.1 Å². The summed E-state index contributed by atoms with van der Waals surface area (Å²) < 4.78 is 22.9. The first-order valence-electron chi connectivity index (χ1n) is 5.37. The van der Waals surface area contributed by atoms with Crippen LogP contribution in [0.2, 0.25) is 0 Å². The predicted molar refractivity (Wildman–Crippen MR) is 61.0 cm³/mol. The van der Waals surface area contributed by atoms with Gasteiger partial charge in [-0.2, -0.15) is 0 Å². The van der Waals surface area contributed by atoms with Crippen LogP contribution in [-0.4, -0.2) is 36.0 Å². The van der Waals surface area contributed by atoms with Gasteiger partial charge in [-0.05, 0) is 13.0 Å². The van der Waals surface area contributed by atoms with Crippen molar-refractivity contribution < 1.29 is 23.9 Å². The Balaban J connectivity index is 2.65. The van der Waals surface area contributed by atoms with Crippen molar-refractivity contribution in [3.05, 3.63) is 34.1 Å². The molecule has 0 saturated heterocycles. The molecule has 0 aliphatic carbocycles. The Morgan fingerprint density at radius 2 is 2.22 bits per heavy atom. The van der Waals surface area contributed by atoms with Gasteiger partial charge in [0.15, 0.2) is 5.75 Å². The first-order chi connectivity index (χ1) is 8.54. The molecule has 1 rings (SSSR count). The van der Waals surface area contributed by atoms with Gasteiger partial charge in [0.1, 0.15) is 18.5 Å². The fourth-order valence-corrected chi connectivity index (χ4v) is 1.24. The number of rotatable bonds is 7. The normalized spacial score (nSPS) is 12.2. The molecular weight excluding hydrogens is 245 g/mol. The second-order valence-electron chi connectivity index (χ2n) is 3.49. The number of nitrogens with zero attached hydrogens (tertiary/aromatic N) is 1. The Morgan fingerprint density at radius 1 is 1.50 bits per heavy atom. The average molecular weight is 259 g/mol. The molecule has 0 aliphatic rings. The highest BCUT2D eigenvalue weighted by atomic mass is 19.1. The minimum atomic E-state index is -0.923. The van der Waals surface area contributed by atoms with Crippen LogP contribution < -0.4 is 4.74 Å². The van der Waals surface area contributed by atoms with Crippen LogP contribution in [0.5, 0.6) is 5.75 Å². The standard InChI is InChI=1S/C11H14FNO5/c1-2-17-6-9(14)7-18-11-5-8(12)3-4-10(11)13(15)16/h3-5,9,14H,2,6-7H2,1H3/t9-/m1/s1. The minimum absolute atomic E-state index is 0.0552. The molecule has 7 heteroatoms. The summed E-state index contributed by atoms with van der Waals surface area (Å²) in [6.45, 7) is 2.06. The Bertz CT molecular complexity index is 412. The second-order valence-corrected chi connectivity index (χ2v) is 3.49.